The molecule has 1 aliphatic rings. The minimum atomic E-state index is -0.913. The fraction of sp³-hybridized carbons (Fsp3) is 0.344. The van der Waals surface area contributed by atoms with E-state index in [2.05, 4.69) is 0 Å². The largest absolute Gasteiger partial charge is 0.508 e. The lowest BCUT2D eigenvalue weighted by Gasteiger charge is -2.44. The molecule has 0 spiro atoms. The van der Waals surface area contributed by atoms with E-state index in [9.17, 15) is 29.0 Å². The topological polar surface area (TPSA) is 101 Å². The van der Waals surface area contributed by atoms with Crippen LogP contribution in [-0.4, -0.2) is 89.8 Å². The van der Waals surface area contributed by atoms with Crippen molar-refractivity contribution in [3.8, 4) is 11.5 Å². The lowest BCUT2D eigenvalue weighted by Crippen LogP contribution is -2.55. The fourth-order valence-corrected chi connectivity index (χ4v) is 5.56. The first-order valence-electron chi connectivity index (χ1n) is 13.5. The van der Waals surface area contributed by atoms with Crippen molar-refractivity contribution in [2.24, 2.45) is 11.8 Å². The Balaban J connectivity index is 1.85. The number of likely N-dealkylation sites (N-methyl/N-ethyl adjacent to an activating group) is 2. The van der Waals surface area contributed by atoms with Gasteiger partial charge in [-0.3, -0.25) is 9.59 Å². The second-order valence-corrected chi connectivity index (χ2v) is 10.9. The number of hydrogen-bond donors (Lipinski definition) is 2. The molecular weight excluding hydrogens is 525 g/mol. The standard InChI is InChI=1S/C32H36FN3O5/c1-20-25(12-7-13-28(20)33)29-26(30(39)21-8-5-10-23(37)16-21)18-36(32(41)35(4)15-14-34(2)3)19-27(29)31(40)22-9-6-11-24(38)17-22/h5-13,16-17,26-27,29,37-38H,14-15,18-19H2,1-4H3. The average Bonchev–Trinajstić information content (AvgIpc) is 2.95. The number of piperidine rings is 1. The van der Waals surface area contributed by atoms with Crippen molar-refractivity contribution in [2.75, 3.05) is 47.3 Å². The number of urea groups is 1. The molecule has 0 saturated carbocycles. The van der Waals surface area contributed by atoms with Gasteiger partial charge in [0.05, 0.1) is 0 Å². The van der Waals surface area contributed by atoms with Crippen LogP contribution in [0.4, 0.5) is 9.18 Å². The molecule has 8 nitrogen and oxygen atoms in total. The van der Waals surface area contributed by atoms with Gasteiger partial charge in [0.2, 0.25) is 0 Å². The highest BCUT2D eigenvalue weighted by atomic mass is 19.1. The summed E-state index contributed by atoms with van der Waals surface area (Å²) in [4.78, 5) is 46.9. The molecule has 1 heterocycles. The second kappa shape index (κ2) is 12.5. The summed E-state index contributed by atoms with van der Waals surface area (Å²) in [5, 5.41) is 20.2. The zero-order valence-electron chi connectivity index (χ0n) is 23.8. The van der Waals surface area contributed by atoms with Crippen LogP contribution in [0, 0.1) is 24.6 Å². The zero-order chi connectivity index (χ0) is 29.8. The Labute approximate surface area is 239 Å². The summed E-state index contributed by atoms with van der Waals surface area (Å²) >= 11 is 0. The van der Waals surface area contributed by atoms with Crippen molar-refractivity contribution in [3.05, 3.63) is 94.8 Å². The number of phenols is 2. The smallest absolute Gasteiger partial charge is 0.319 e. The van der Waals surface area contributed by atoms with Crippen LogP contribution in [0.15, 0.2) is 66.7 Å². The summed E-state index contributed by atoms with van der Waals surface area (Å²) in [5.74, 6) is -3.97. The van der Waals surface area contributed by atoms with Gasteiger partial charge in [-0.25, -0.2) is 9.18 Å². The van der Waals surface area contributed by atoms with Crippen molar-refractivity contribution >= 4 is 17.6 Å². The number of benzene rings is 3. The molecule has 2 amide bonds. The van der Waals surface area contributed by atoms with Crippen molar-refractivity contribution in [1.82, 2.24) is 14.7 Å². The molecule has 2 N–H and O–H groups in total. The third kappa shape index (κ3) is 6.57. The van der Waals surface area contributed by atoms with Crippen LogP contribution in [0.2, 0.25) is 0 Å². The normalized spacial score (nSPS) is 18.8. The number of carbonyl (C=O) groups is 3. The Hall–Kier alpha value is -4.24. The van der Waals surface area contributed by atoms with Gasteiger partial charge in [-0.05, 0) is 62.5 Å². The first kappa shape index (κ1) is 29.7. The lowest BCUT2D eigenvalue weighted by atomic mass is 9.68. The predicted molar refractivity (Wildman–Crippen MR) is 154 cm³/mol. The highest BCUT2D eigenvalue weighted by molar-refractivity contribution is 6.03. The maximum atomic E-state index is 14.9. The molecule has 216 valence electrons. The van der Waals surface area contributed by atoms with Crippen LogP contribution in [0.25, 0.3) is 0 Å². The average molecular weight is 562 g/mol. The molecule has 2 unspecified atom stereocenters. The maximum absolute atomic E-state index is 14.9. The van der Waals surface area contributed by atoms with Gasteiger partial charge in [0.25, 0.3) is 0 Å². The Kier molecular flexibility index (Phi) is 9.08. The minimum Gasteiger partial charge on any atom is -0.508 e. The van der Waals surface area contributed by atoms with E-state index in [1.165, 1.54) is 35.2 Å². The van der Waals surface area contributed by atoms with Crippen LogP contribution in [0.1, 0.15) is 37.8 Å². The van der Waals surface area contributed by atoms with Crippen LogP contribution >= 0.6 is 0 Å². The Morgan fingerprint density at radius 2 is 1.34 bits per heavy atom. The van der Waals surface area contributed by atoms with E-state index in [-0.39, 0.29) is 53.3 Å². The predicted octanol–water partition coefficient (Wildman–Crippen LogP) is 4.56. The minimum absolute atomic E-state index is 0.00403. The van der Waals surface area contributed by atoms with Gasteiger partial charge in [0, 0.05) is 62.1 Å². The third-order valence-electron chi connectivity index (χ3n) is 7.78. The van der Waals surface area contributed by atoms with Gasteiger partial charge < -0.3 is 24.9 Å². The molecule has 0 aromatic heterocycles. The highest BCUT2D eigenvalue weighted by Crippen LogP contribution is 2.43. The number of nitrogens with zero attached hydrogens (tertiary/aromatic N) is 3. The zero-order valence-corrected chi connectivity index (χ0v) is 23.8. The van der Waals surface area contributed by atoms with Crippen molar-refractivity contribution in [1.29, 1.82) is 0 Å². The van der Waals surface area contributed by atoms with Crippen molar-refractivity contribution < 1.29 is 29.0 Å². The fourth-order valence-electron chi connectivity index (χ4n) is 5.56. The number of rotatable bonds is 8. The summed E-state index contributed by atoms with van der Waals surface area (Å²) < 4.78 is 14.9. The van der Waals surface area contributed by atoms with Gasteiger partial charge in [-0.15, -0.1) is 0 Å². The van der Waals surface area contributed by atoms with E-state index in [0.717, 1.165) is 0 Å². The first-order chi connectivity index (χ1) is 19.5. The number of amides is 2. The molecule has 41 heavy (non-hydrogen) atoms. The first-order valence-corrected chi connectivity index (χ1v) is 13.5. The number of Topliss-reactive ketones (excluding diaryl/α,β-unsaturated/α-hetero) is 2. The molecule has 4 rings (SSSR count). The van der Waals surface area contributed by atoms with E-state index in [0.29, 0.717) is 24.2 Å². The number of ketones is 2. The Bertz CT molecular complexity index is 1370. The second-order valence-electron chi connectivity index (χ2n) is 10.9. The molecule has 3 aromatic carbocycles. The maximum Gasteiger partial charge on any atom is 0.319 e. The van der Waals surface area contributed by atoms with Gasteiger partial charge in [0.1, 0.15) is 17.3 Å². The number of likely N-dealkylation sites (tertiary alicyclic amines) is 1. The van der Waals surface area contributed by atoms with E-state index < -0.39 is 23.6 Å². The number of carbonyl (C=O) groups excluding carboxylic acids is 3. The third-order valence-corrected chi connectivity index (χ3v) is 7.78. The van der Waals surface area contributed by atoms with Gasteiger partial charge in [0.15, 0.2) is 11.6 Å². The van der Waals surface area contributed by atoms with Crippen LogP contribution in [0.5, 0.6) is 11.5 Å². The molecule has 0 radical (unpaired) electrons. The summed E-state index contributed by atoms with van der Waals surface area (Å²) in [6.07, 6.45) is 0. The quantitative estimate of drug-likeness (QED) is 0.391. The molecule has 9 heteroatoms. The van der Waals surface area contributed by atoms with E-state index in [1.54, 1.807) is 55.3 Å². The molecule has 1 saturated heterocycles. The number of halogens is 1. The molecular formula is C32H36FN3O5. The monoisotopic (exact) mass is 561 g/mol. The Morgan fingerprint density at radius 3 is 1.83 bits per heavy atom. The summed E-state index contributed by atoms with van der Waals surface area (Å²) in [6.45, 7) is 2.68. The van der Waals surface area contributed by atoms with Gasteiger partial charge in [-0.2, -0.15) is 0 Å². The van der Waals surface area contributed by atoms with Gasteiger partial charge >= 0.3 is 6.03 Å². The Morgan fingerprint density at radius 1 is 0.829 bits per heavy atom. The van der Waals surface area contributed by atoms with E-state index in [1.807, 2.05) is 19.0 Å². The number of aromatic hydroxyl groups is 2. The molecule has 3 aromatic rings. The van der Waals surface area contributed by atoms with Crippen LogP contribution in [-0.2, 0) is 0 Å². The number of hydrogen-bond acceptors (Lipinski definition) is 6. The molecule has 2 atom stereocenters. The summed E-state index contributed by atoms with van der Waals surface area (Å²) in [7, 11) is 5.48. The molecule has 1 aliphatic heterocycles. The molecule has 0 bridgehead atoms. The lowest BCUT2D eigenvalue weighted by molar-refractivity contribution is 0.0598. The van der Waals surface area contributed by atoms with E-state index >= 15 is 0 Å². The van der Waals surface area contributed by atoms with Crippen molar-refractivity contribution in [2.45, 2.75) is 12.8 Å². The van der Waals surface area contributed by atoms with Gasteiger partial charge in [-0.1, -0.05) is 36.4 Å². The van der Waals surface area contributed by atoms with Crippen LogP contribution < -0.4 is 0 Å². The molecule has 1 fully saturated rings. The highest BCUT2D eigenvalue weighted by Gasteiger charge is 2.47. The van der Waals surface area contributed by atoms with Crippen LogP contribution in [0.3, 0.4) is 0 Å². The van der Waals surface area contributed by atoms with E-state index in [4.69, 9.17) is 0 Å². The van der Waals surface area contributed by atoms with Crippen molar-refractivity contribution in [3.63, 3.8) is 0 Å². The molecule has 0 aliphatic carbocycles. The summed E-state index contributed by atoms with van der Waals surface area (Å²) in [5.41, 5.74) is 1.29. The summed E-state index contributed by atoms with van der Waals surface area (Å²) in [6, 6.07) is 16.2. The SMILES string of the molecule is Cc1c(F)cccc1C1C(C(=O)c2cccc(O)c2)CN(C(=O)N(C)CCN(C)C)CC1C(=O)c1cccc(O)c1. The number of phenolic OH excluding ortho intramolecular Hbond substituents is 2.